The van der Waals surface area contributed by atoms with E-state index in [-0.39, 0.29) is 30.9 Å². The van der Waals surface area contributed by atoms with Gasteiger partial charge in [0.15, 0.2) is 6.29 Å². The molecular weight excluding hydrogens is 508 g/mol. The lowest BCUT2D eigenvalue weighted by Gasteiger charge is -2.31. The predicted molar refractivity (Wildman–Crippen MR) is 142 cm³/mol. The zero-order chi connectivity index (χ0) is 30.9. The first kappa shape index (κ1) is 23.4. The largest absolute Gasteiger partial charge is 0.443 e. The molecule has 2 fully saturated rings. The van der Waals surface area contributed by atoms with Crippen LogP contribution in [0.25, 0.3) is 0 Å². The number of fused-ring (bicyclic) bond motifs is 1. The Bertz CT molecular complexity index is 1340. The van der Waals surface area contributed by atoms with Crippen molar-refractivity contribution in [3.05, 3.63) is 65.7 Å². The Kier molecular flexibility index (Phi) is 7.74. The summed E-state index contributed by atoms with van der Waals surface area (Å²) in [7, 11) is -4.14. The molecule has 10 heteroatoms. The number of benzene rings is 2. The van der Waals surface area contributed by atoms with E-state index in [1.165, 1.54) is 12.1 Å². The highest BCUT2D eigenvalue weighted by Crippen LogP contribution is 2.33. The number of nitrogens with one attached hydrogen (secondary N) is 1. The van der Waals surface area contributed by atoms with Crippen LogP contribution in [0, 0.1) is 18.7 Å². The van der Waals surface area contributed by atoms with Crippen molar-refractivity contribution in [1.29, 1.82) is 0 Å². The molecule has 5 atom stereocenters. The molecule has 0 aromatic heterocycles. The van der Waals surface area contributed by atoms with Crippen LogP contribution in [0.15, 0.2) is 59.5 Å². The normalized spacial score (nSPS) is 27.9. The van der Waals surface area contributed by atoms with Crippen LogP contribution in [-0.2, 0) is 30.7 Å². The minimum atomic E-state index is -4.14. The third-order valence-electron chi connectivity index (χ3n) is 6.46. The average molecular weight is 551 g/mol. The first-order chi connectivity index (χ1) is 19.5. The lowest BCUT2D eigenvalue weighted by molar-refractivity contribution is -0.0907. The monoisotopic (exact) mass is 550 g/mol. The Balaban J connectivity index is 1.58. The van der Waals surface area contributed by atoms with E-state index in [2.05, 4.69) is 5.32 Å². The highest BCUT2D eigenvalue weighted by molar-refractivity contribution is 7.89. The predicted octanol–water partition coefficient (Wildman–Crippen LogP) is 3.10. The van der Waals surface area contributed by atoms with E-state index < -0.39 is 65.5 Å². The van der Waals surface area contributed by atoms with E-state index in [0.717, 1.165) is 15.4 Å². The zero-order valence-electron chi connectivity index (χ0n) is 25.8. The Hall–Kier alpha value is -2.50. The first-order valence-corrected chi connectivity index (χ1v) is 14.0. The molecule has 2 saturated heterocycles. The standard InChI is InChI=1S/C28H38N2O7S/c1-19(2)16-30(38(33,34)22-11-9-20(3)10-12-22)17-25(31)24(15-21-7-5-4-6-8-21)29-28(32)37-26-18-36-27-23(26)13-14-35-27/h4-12,19,23-27,31H,13-18H2,1-3H3,(H,29,32)/t23-,24-,25+,26-,27+/m0/s1/i18D2,19D,26D. The van der Waals surface area contributed by atoms with Crippen LogP contribution in [0.1, 0.15) is 36.9 Å². The van der Waals surface area contributed by atoms with Crippen molar-refractivity contribution in [2.24, 2.45) is 11.8 Å². The highest BCUT2D eigenvalue weighted by atomic mass is 32.2. The number of nitrogens with zero attached hydrogens (tertiary/aromatic N) is 1. The molecule has 0 aliphatic carbocycles. The fourth-order valence-corrected chi connectivity index (χ4v) is 6.01. The number of aliphatic hydroxyl groups is 1. The second-order valence-corrected chi connectivity index (χ2v) is 11.9. The maximum atomic E-state index is 13.6. The molecule has 0 unspecified atom stereocenters. The van der Waals surface area contributed by atoms with Gasteiger partial charge in [0, 0.05) is 14.5 Å². The summed E-state index contributed by atoms with van der Waals surface area (Å²) in [5, 5.41) is 14.0. The zero-order valence-corrected chi connectivity index (χ0v) is 22.6. The second-order valence-electron chi connectivity index (χ2n) is 9.93. The van der Waals surface area contributed by atoms with Crippen LogP contribution in [-0.4, -0.2) is 74.7 Å². The fraction of sp³-hybridized carbons (Fsp3) is 0.536. The third-order valence-corrected chi connectivity index (χ3v) is 8.29. The van der Waals surface area contributed by atoms with Crippen molar-refractivity contribution in [3.8, 4) is 0 Å². The van der Waals surface area contributed by atoms with Crippen molar-refractivity contribution in [2.75, 3.05) is 26.3 Å². The number of ether oxygens (including phenoxy) is 3. The molecule has 2 heterocycles. The third kappa shape index (κ3) is 7.12. The molecule has 0 bridgehead atoms. The van der Waals surface area contributed by atoms with Gasteiger partial charge in [-0.2, -0.15) is 4.31 Å². The topological polar surface area (TPSA) is 114 Å². The van der Waals surface area contributed by atoms with Crippen molar-refractivity contribution in [2.45, 2.75) is 63.0 Å². The molecule has 1 amide bonds. The SMILES string of the molecule is [2H]C(C)(C)CN(C[C@@H](O)[C@H](Cc1ccccc1)NC(=O)O[C@]1([2H])[C@@H]2CCO[C@@H]2OC1([2H])[2H])S(=O)(=O)c1ccc(C)cc1. The van der Waals surface area contributed by atoms with Crippen LogP contribution in [0.4, 0.5) is 4.79 Å². The molecule has 2 aliphatic rings. The van der Waals surface area contributed by atoms with Gasteiger partial charge >= 0.3 is 6.09 Å². The Morgan fingerprint density at radius 3 is 2.61 bits per heavy atom. The van der Waals surface area contributed by atoms with E-state index >= 15 is 0 Å². The number of alkyl carbamates (subject to hydrolysis) is 1. The number of hydrogen-bond donors (Lipinski definition) is 2. The quantitative estimate of drug-likeness (QED) is 0.442. The minimum absolute atomic E-state index is 0.00415. The number of hydrogen-bond acceptors (Lipinski definition) is 7. The van der Waals surface area contributed by atoms with E-state index in [4.69, 9.17) is 19.7 Å². The van der Waals surface area contributed by atoms with Crippen LogP contribution < -0.4 is 5.32 Å². The summed E-state index contributed by atoms with van der Waals surface area (Å²) in [6.07, 6.45) is -5.74. The number of sulfonamides is 1. The number of aryl methyl sites for hydroxylation is 1. The number of rotatable bonds is 11. The Labute approximate surface area is 230 Å². The number of aliphatic hydroxyl groups excluding tert-OH is 1. The molecule has 9 nitrogen and oxygen atoms in total. The molecule has 4 rings (SSSR count). The average Bonchev–Trinajstić information content (AvgIpc) is 3.42. The Morgan fingerprint density at radius 2 is 1.92 bits per heavy atom. The van der Waals surface area contributed by atoms with Gasteiger partial charge in [0.05, 0.1) is 40.2 Å². The van der Waals surface area contributed by atoms with E-state index in [0.29, 0.717) is 0 Å². The van der Waals surface area contributed by atoms with E-state index in [1.807, 2.05) is 6.92 Å². The molecule has 2 aromatic carbocycles. The second kappa shape index (κ2) is 12.6. The molecular formula is C28H38N2O7S. The van der Waals surface area contributed by atoms with Gasteiger partial charge in [0.25, 0.3) is 0 Å². The maximum absolute atomic E-state index is 13.6. The number of amides is 1. The minimum Gasteiger partial charge on any atom is -0.443 e. The molecule has 208 valence electrons. The number of carbonyl (C=O) groups is 1. The summed E-state index contributed by atoms with van der Waals surface area (Å²) in [4.78, 5) is 13.2. The Morgan fingerprint density at radius 1 is 1.21 bits per heavy atom. The molecule has 0 radical (unpaired) electrons. The first-order valence-electron chi connectivity index (χ1n) is 14.6. The summed E-state index contributed by atoms with van der Waals surface area (Å²) < 4.78 is 77.5. The van der Waals surface area contributed by atoms with Gasteiger partial charge in [0.1, 0.15) is 6.08 Å². The molecule has 0 saturated carbocycles. The summed E-state index contributed by atoms with van der Waals surface area (Å²) in [5.41, 5.74) is 1.59. The van der Waals surface area contributed by atoms with Crippen molar-refractivity contribution < 1.29 is 38.0 Å². The summed E-state index contributed by atoms with van der Waals surface area (Å²) in [5.74, 6) is -2.06. The fourth-order valence-electron chi connectivity index (χ4n) is 4.45. The number of carbonyl (C=O) groups excluding carboxylic acids is 1. The van der Waals surface area contributed by atoms with Gasteiger partial charge in [-0.15, -0.1) is 0 Å². The summed E-state index contributed by atoms with van der Waals surface area (Å²) >= 11 is 0. The van der Waals surface area contributed by atoms with Crippen molar-refractivity contribution in [3.63, 3.8) is 0 Å². The van der Waals surface area contributed by atoms with Crippen LogP contribution in [0.5, 0.6) is 0 Å². The van der Waals surface area contributed by atoms with Gasteiger partial charge in [-0.1, -0.05) is 61.9 Å². The lowest BCUT2D eigenvalue weighted by atomic mass is 10.0. The van der Waals surface area contributed by atoms with Gasteiger partial charge < -0.3 is 24.6 Å². The van der Waals surface area contributed by atoms with Crippen LogP contribution in [0.2, 0.25) is 0 Å². The van der Waals surface area contributed by atoms with Gasteiger partial charge in [-0.3, -0.25) is 0 Å². The van der Waals surface area contributed by atoms with Crippen molar-refractivity contribution >= 4 is 16.1 Å². The van der Waals surface area contributed by atoms with E-state index in [9.17, 15) is 18.3 Å². The lowest BCUT2D eigenvalue weighted by Crippen LogP contribution is -2.51. The highest BCUT2D eigenvalue weighted by Gasteiger charge is 2.44. The molecule has 0 spiro atoms. The summed E-state index contributed by atoms with van der Waals surface area (Å²) in [6.45, 7) is 1.83. The van der Waals surface area contributed by atoms with Crippen molar-refractivity contribution in [1.82, 2.24) is 9.62 Å². The molecule has 2 aromatic rings. The van der Waals surface area contributed by atoms with Gasteiger partial charge in [0.2, 0.25) is 10.0 Å². The van der Waals surface area contributed by atoms with E-state index in [1.54, 1.807) is 56.3 Å². The summed E-state index contributed by atoms with van der Waals surface area (Å²) in [6, 6.07) is 14.0. The van der Waals surface area contributed by atoms with Crippen LogP contribution in [0.3, 0.4) is 0 Å². The molecule has 2 aliphatic heterocycles. The van der Waals surface area contributed by atoms with Gasteiger partial charge in [-0.25, -0.2) is 13.2 Å². The molecule has 38 heavy (non-hydrogen) atoms. The smallest absolute Gasteiger partial charge is 0.407 e. The molecule has 2 N–H and O–H groups in total. The van der Waals surface area contributed by atoms with Gasteiger partial charge in [-0.05, 0) is 43.4 Å². The van der Waals surface area contributed by atoms with Crippen LogP contribution >= 0.6 is 0 Å². The maximum Gasteiger partial charge on any atom is 0.407 e.